The number of aliphatic imine (C=N–C) groups is 2. The molecular formula is C57H34N4O2. The molecule has 0 bridgehead atoms. The Labute approximate surface area is 359 Å². The fourth-order valence-corrected chi connectivity index (χ4v) is 10.0. The highest BCUT2D eigenvalue weighted by Crippen LogP contribution is 2.42. The van der Waals surface area contributed by atoms with Gasteiger partial charge >= 0.3 is 0 Å². The molecule has 0 fully saturated rings. The summed E-state index contributed by atoms with van der Waals surface area (Å²) in [5.74, 6) is 1.32. The lowest BCUT2D eigenvalue weighted by Crippen LogP contribution is -2.33. The Morgan fingerprint density at radius 1 is 0.429 bits per heavy atom. The van der Waals surface area contributed by atoms with Gasteiger partial charge in [-0.15, -0.1) is 0 Å². The number of para-hydroxylation sites is 2. The lowest BCUT2D eigenvalue weighted by molar-refractivity contribution is 0.667. The molecule has 1 unspecified atom stereocenters. The summed E-state index contributed by atoms with van der Waals surface area (Å²) < 4.78 is 15.6. The average molecular weight is 807 g/mol. The number of rotatable bonds is 4. The molecule has 6 heteroatoms. The van der Waals surface area contributed by atoms with E-state index in [-0.39, 0.29) is 0 Å². The van der Waals surface area contributed by atoms with Gasteiger partial charge in [-0.05, 0) is 92.5 Å². The maximum Gasteiger partial charge on any atom is 0.159 e. The molecule has 13 aromatic rings. The van der Waals surface area contributed by atoms with Crippen molar-refractivity contribution in [2.24, 2.45) is 9.98 Å². The molecule has 3 aromatic heterocycles. The molecule has 0 saturated carbocycles. The normalized spacial score (nSPS) is 14.5. The number of nitrogens with zero attached hydrogens (tertiary/aromatic N) is 3. The van der Waals surface area contributed by atoms with Gasteiger partial charge in [0, 0.05) is 49.5 Å². The molecule has 0 spiro atoms. The van der Waals surface area contributed by atoms with E-state index in [4.69, 9.17) is 18.8 Å². The van der Waals surface area contributed by atoms with Crippen LogP contribution in [0.3, 0.4) is 0 Å². The molecule has 1 N–H and O–H groups in total. The number of amidine groups is 2. The Bertz CT molecular complexity index is 4150. The van der Waals surface area contributed by atoms with Crippen molar-refractivity contribution in [2.75, 3.05) is 0 Å². The van der Waals surface area contributed by atoms with Crippen LogP contribution in [-0.2, 0) is 0 Å². The zero-order valence-electron chi connectivity index (χ0n) is 33.7. The van der Waals surface area contributed by atoms with Crippen LogP contribution in [0.2, 0.25) is 0 Å². The van der Waals surface area contributed by atoms with Gasteiger partial charge in [-0.25, -0.2) is 9.98 Å². The van der Waals surface area contributed by atoms with Gasteiger partial charge in [-0.3, -0.25) is 0 Å². The van der Waals surface area contributed by atoms with Crippen molar-refractivity contribution >= 4 is 110 Å². The quantitative estimate of drug-likeness (QED) is 0.193. The summed E-state index contributed by atoms with van der Waals surface area (Å²) in [6.45, 7) is 0. The van der Waals surface area contributed by atoms with Crippen LogP contribution < -0.4 is 5.32 Å². The van der Waals surface area contributed by atoms with Crippen LogP contribution in [-0.4, -0.2) is 16.2 Å². The first-order valence-corrected chi connectivity index (χ1v) is 21.3. The van der Waals surface area contributed by atoms with E-state index in [2.05, 4.69) is 174 Å². The minimum absolute atomic E-state index is 0.439. The minimum atomic E-state index is -0.439. The Morgan fingerprint density at radius 2 is 1.08 bits per heavy atom. The molecule has 0 radical (unpaired) electrons. The smallest absolute Gasteiger partial charge is 0.159 e. The molecule has 4 heterocycles. The van der Waals surface area contributed by atoms with Crippen LogP contribution in [0.15, 0.2) is 213 Å². The number of furan rings is 2. The summed E-state index contributed by atoms with van der Waals surface area (Å²) in [6.07, 6.45) is -0.439. The number of hydrogen-bond acceptors (Lipinski definition) is 5. The second-order valence-electron chi connectivity index (χ2n) is 16.6. The van der Waals surface area contributed by atoms with Crippen LogP contribution in [0.5, 0.6) is 0 Å². The summed E-state index contributed by atoms with van der Waals surface area (Å²) in [7, 11) is 0. The van der Waals surface area contributed by atoms with Crippen molar-refractivity contribution in [2.45, 2.75) is 6.17 Å². The Hall–Kier alpha value is -8.48. The van der Waals surface area contributed by atoms with Crippen LogP contribution in [0.1, 0.15) is 22.9 Å². The Balaban J connectivity index is 1.04. The molecule has 1 atom stereocenters. The summed E-state index contributed by atoms with van der Waals surface area (Å²) in [5, 5.41) is 17.6. The van der Waals surface area contributed by atoms with Gasteiger partial charge in [-0.2, -0.15) is 0 Å². The largest absolute Gasteiger partial charge is 0.456 e. The van der Waals surface area contributed by atoms with Crippen LogP contribution in [0.25, 0.3) is 104 Å². The summed E-state index contributed by atoms with van der Waals surface area (Å²) in [4.78, 5) is 10.8. The van der Waals surface area contributed by atoms with E-state index in [0.717, 1.165) is 82.7 Å². The Morgan fingerprint density at radius 3 is 1.92 bits per heavy atom. The van der Waals surface area contributed by atoms with E-state index < -0.39 is 6.17 Å². The van der Waals surface area contributed by atoms with Crippen molar-refractivity contribution < 1.29 is 8.83 Å². The van der Waals surface area contributed by atoms with E-state index in [9.17, 15) is 0 Å². The van der Waals surface area contributed by atoms with Gasteiger partial charge in [0.15, 0.2) is 5.84 Å². The zero-order chi connectivity index (χ0) is 41.2. The highest BCUT2D eigenvalue weighted by Gasteiger charge is 2.27. The topological polar surface area (TPSA) is 68.0 Å². The molecule has 14 rings (SSSR count). The second kappa shape index (κ2) is 13.0. The molecule has 10 aromatic carbocycles. The van der Waals surface area contributed by atoms with E-state index in [1.54, 1.807) is 0 Å². The van der Waals surface area contributed by atoms with Crippen molar-refractivity contribution in [3.63, 3.8) is 0 Å². The number of benzene rings is 10. The first kappa shape index (κ1) is 34.3. The molecule has 0 aliphatic carbocycles. The standard InChI is InChI=1S/C57H34N4O2/c1-2-13-35-27-38(22-21-33(35)11-1)55-58-56(39-23-25-43-42-17-7-9-19-49(42)62-51(43)30-39)60-57(59-55)46-31-40(32-52-54(46)44-18-8-10-20-50(44)63-52)61-47-26-24-34-12-5-6-16-41(34)53(47)45-28-36-14-3-4-15-37(36)29-48(45)61/h1-32,55H,(H,58,59,60). The third kappa shape index (κ3) is 5.19. The van der Waals surface area contributed by atoms with E-state index in [0.29, 0.717) is 11.7 Å². The third-order valence-corrected chi connectivity index (χ3v) is 13.0. The van der Waals surface area contributed by atoms with Gasteiger partial charge in [0.05, 0.1) is 16.7 Å². The van der Waals surface area contributed by atoms with Gasteiger partial charge in [-0.1, -0.05) is 133 Å². The monoisotopic (exact) mass is 806 g/mol. The molecular weight excluding hydrogens is 773 g/mol. The van der Waals surface area contributed by atoms with E-state index >= 15 is 0 Å². The minimum Gasteiger partial charge on any atom is -0.456 e. The lowest BCUT2D eigenvalue weighted by Gasteiger charge is -2.25. The van der Waals surface area contributed by atoms with E-state index in [1.165, 1.54) is 37.7 Å². The lowest BCUT2D eigenvalue weighted by atomic mass is 10.0. The van der Waals surface area contributed by atoms with Crippen LogP contribution in [0.4, 0.5) is 0 Å². The van der Waals surface area contributed by atoms with Crippen molar-refractivity contribution in [1.82, 2.24) is 9.88 Å². The van der Waals surface area contributed by atoms with Gasteiger partial charge < -0.3 is 18.7 Å². The first-order chi connectivity index (χ1) is 31.2. The second-order valence-corrected chi connectivity index (χ2v) is 16.6. The van der Waals surface area contributed by atoms with Crippen LogP contribution in [0, 0.1) is 0 Å². The number of fused-ring (bicyclic) bond motifs is 13. The highest BCUT2D eigenvalue weighted by atomic mass is 16.3. The first-order valence-electron chi connectivity index (χ1n) is 21.3. The number of aromatic nitrogens is 1. The third-order valence-electron chi connectivity index (χ3n) is 13.0. The molecule has 1 aliphatic heterocycles. The molecule has 0 amide bonds. The predicted molar refractivity (Wildman–Crippen MR) is 260 cm³/mol. The SMILES string of the molecule is c1ccc2cc(C3N=C(c4ccc5c(c4)oc4ccccc45)N=C(c4cc(-n5c6cc7ccccc7cc6c6c7ccccc7ccc65)cc5oc6ccccc6c45)N3)ccc2c1. The summed E-state index contributed by atoms with van der Waals surface area (Å²) in [6, 6.07) is 68.7. The Kier molecular flexibility index (Phi) is 7.07. The van der Waals surface area contributed by atoms with Gasteiger partial charge in [0.2, 0.25) is 0 Å². The molecule has 6 nitrogen and oxygen atoms in total. The summed E-state index contributed by atoms with van der Waals surface area (Å²) in [5.41, 5.74) is 9.29. The molecule has 294 valence electrons. The van der Waals surface area contributed by atoms with Crippen molar-refractivity contribution in [3.05, 3.63) is 211 Å². The maximum absolute atomic E-state index is 6.80. The fraction of sp³-hybridized carbons (Fsp3) is 0.0175. The number of nitrogens with one attached hydrogen (secondary N) is 1. The van der Waals surface area contributed by atoms with Crippen molar-refractivity contribution in [1.29, 1.82) is 0 Å². The van der Waals surface area contributed by atoms with Gasteiger partial charge in [0.1, 0.15) is 34.3 Å². The molecule has 63 heavy (non-hydrogen) atoms. The maximum atomic E-state index is 6.80. The molecule has 1 aliphatic rings. The highest BCUT2D eigenvalue weighted by molar-refractivity contribution is 6.25. The van der Waals surface area contributed by atoms with Crippen LogP contribution >= 0.6 is 0 Å². The fourth-order valence-electron chi connectivity index (χ4n) is 10.0. The van der Waals surface area contributed by atoms with Crippen molar-refractivity contribution in [3.8, 4) is 5.69 Å². The predicted octanol–water partition coefficient (Wildman–Crippen LogP) is 14.5. The zero-order valence-corrected chi connectivity index (χ0v) is 33.7. The van der Waals surface area contributed by atoms with Gasteiger partial charge in [0.25, 0.3) is 0 Å². The summed E-state index contributed by atoms with van der Waals surface area (Å²) >= 11 is 0. The molecule has 0 saturated heterocycles. The average Bonchev–Trinajstić information content (AvgIpc) is 4.01. The number of hydrogen-bond donors (Lipinski definition) is 1. The van der Waals surface area contributed by atoms with E-state index in [1.807, 2.05) is 30.3 Å².